The molecule has 0 radical (unpaired) electrons. The number of para-hydroxylation sites is 1. The van der Waals surface area contributed by atoms with E-state index >= 15 is 0 Å². The molecule has 0 fully saturated rings. The summed E-state index contributed by atoms with van der Waals surface area (Å²) in [6.45, 7) is 10.3. The Morgan fingerprint density at radius 1 is 1.24 bits per heavy atom. The summed E-state index contributed by atoms with van der Waals surface area (Å²) in [5, 5.41) is 18.5. The molecule has 25 heavy (non-hydrogen) atoms. The lowest BCUT2D eigenvalue weighted by molar-refractivity contribution is 0.170. The molecule has 0 atom stereocenters. The molecule has 1 heterocycles. The molecule has 7 heteroatoms. The van der Waals surface area contributed by atoms with Crippen LogP contribution >= 0.6 is 0 Å². The number of hydrogen-bond acceptors (Lipinski definition) is 4. The van der Waals surface area contributed by atoms with Crippen LogP contribution in [0.4, 0.5) is 10.5 Å². The molecule has 2 rings (SSSR count). The lowest BCUT2D eigenvalue weighted by Gasteiger charge is -2.30. The van der Waals surface area contributed by atoms with E-state index < -0.39 is 6.03 Å². The number of nitrogens with zero attached hydrogens (tertiary/aromatic N) is 4. The molecule has 7 nitrogen and oxygen atoms in total. The third-order valence-electron chi connectivity index (χ3n) is 4.29. The molecule has 0 spiro atoms. The van der Waals surface area contributed by atoms with Gasteiger partial charge in [-0.3, -0.25) is 4.90 Å². The molecular formula is C18H27N5O2. The summed E-state index contributed by atoms with van der Waals surface area (Å²) in [5.41, 5.74) is 6.16. The number of carbonyl (C=O) groups is 1. The standard InChI is InChI=1S/C18H27N5O2/c1-12(2)22(13(3)4)10-7-11-23-15-9-6-5-8-14(15)16(17(23)24)20-21-18(19)25/h5-6,8-9,12-13,24H,7,10-11H2,1-4H3,(H2,19,25). The van der Waals surface area contributed by atoms with Crippen molar-refractivity contribution in [3.05, 3.63) is 24.3 Å². The van der Waals surface area contributed by atoms with Crippen LogP contribution in [0.25, 0.3) is 10.9 Å². The molecule has 0 aliphatic heterocycles. The normalized spacial score (nSPS) is 12.3. The fraction of sp³-hybridized carbons (Fsp3) is 0.500. The maximum Gasteiger partial charge on any atom is 0.356 e. The van der Waals surface area contributed by atoms with Crippen LogP contribution in [0.3, 0.4) is 0 Å². The van der Waals surface area contributed by atoms with Crippen molar-refractivity contribution in [3.8, 4) is 5.88 Å². The smallest absolute Gasteiger partial charge is 0.356 e. The number of aryl methyl sites for hydroxylation is 1. The molecule has 1 aromatic carbocycles. The van der Waals surface area contributed by atoms with E-state index in [0.717, 1.165) is 23.9 Å². The Hall–Kier alpha value is -2.41. The Labute approximate surface area is 148 Å². The molecule has 0 bridgehead atoms. The van der Waals surface area contributed by atoms with E-state index in [9.17, 15) is 9.90 Å². The van der Waals surface area contributed by atoms with Gasteiger partial charge < -0.3 is 15.4 Å². The van der Waals surface area contributed by atoms with Gasteiger partial charge in [0.25, 0.3) is 0 Å². The van der Waals surface area contributed by atoms with E-state index in [4.69, 9.17) is 5.73 Å². The van der Waals surface area contributed by atoms with E-state index in [1.54, 1.807) is 0 Å². The maximum absolute atomic E-state index is 10.9. The zero-order valence-corrected chi connectivity index (χ0v) is 15.3. The Balaban J connectivity index is 2.26. The van der Waals surface area contributed by atoms with Crippen LogP contribution in [0.2, 0.25) is 0 Å². The van der Waals surface area contributed by atoms with Crippen molar-refractivity contribution in [1.29, 1.82) is 0 Å². The first-order chi connectivity index (χ1) is 11.8. The van der Waals surface area contributed by atoms with Gasteiger partial charge in [-0.25, -0.2) is 4.79 Å². The van der Waals surface area contributed by atoms with Crippen LogP contribution in [0.15, 0.2) is 34.5 Å². The molecular weight excluding hydrogens is 318 g/mol. The second-order valence-electron chi connectivity index (χ2n) is 6.66. The van der Waals surface area contributed by atoms with Gasteiger partial charge in [0.15, 0.2) is 5.69 Å². The van der Waals surface area contributed by atoms with Crippen LogP contribution in [0, 0.1) is 0 Å². The second-order valence-corrected chi connectivity index (χ2v) is 6.66. The number of azo groups is 1. The van der Waals surface area contributed by atoms with Gasteiger partial charge in [0.2, 0.25) is 5.88 Å². The minimum Gasteiger partial charge on any atom is -0.493 e. The lowest BCUT2D eigenvalue weighted by atomic mass is 10.2. The number of rotatable bonds is 7. The van der Waals surface area contributed by atoms with Crippen molar-refractivity contribution in [2.75, 3.05) is 6.54 Å². The third-order valence-corrected chi connectivity index (χ3v) is 4.29. The highest BCUT2D eigenvalue weighted by Crippen LogP contribution is 2.38. The molecule has 3 N–H and O–H groups in total. The van der Waals surface area contributed by atoms with Gasteiger partial charge in [0.05, 0.1) is 5.52 Å². The Morgan fingerprint density at radius 2 is 1.88 bits per heavy atom. The maximum atomic E-state index is 10.9. The van der Waals surface area contributed by atoms with Crippen LogP contribution in [0.1, 0.15) is 34.1 Å². The number of carbonyl (C=O) groups excluding carboxylic acids is 1. The highest BCUT2D eigenvalue weighted by molar-refractivity contribution is 5.95. The van der Waals surface area contributed by atoms with Crippen LogP contribution < -0.4 is 5.73 Å². The summed E-state index contributed by atoms with van der Waals surface area (Å²) in [6.07, 6.45) is 0.884. The number of fused-ring (bicyclic) bond motifs is 1. The molecule has 0 aliphatic rings. The second kappa shape index (κ2) is 8.11. The first-order valence-electron chi connectivity index (χ1n) is 8.60. The molecule has 0 unspecified atom stereocenters. The fourth-order valence-corrected chi connectivity index (χ4v) is 3.22. The van der Waals surface area contributed by atoms with E-state index in [-0.39, 0.29) is 11.6 Å². The monoisotopic (exact) mass is 345 g/mol. The van der Waals surface area contributed by atoms with Gasteiger partial charge in [0.1, 0.15) is 0 Å². The van der Waals surface area contributed by atoms with Crippen molar-refractivity contribution in [2.45, 2.75) is 52.7 Å². The fourth-order valence-electron chi connectivity index (χ4n) is 3.22. The first-order valence-corrected chi connectivity index (χ1v) is 8.60. The number of aromatic hydroxyl groups is 1. The number of primary amides is 1. The number of hydrogen-bond donors (Lipinski definition) is 2. The van der Waals surface area contributed by atoms with Crippen LogP contribution in [0.5, 0.6) is 5.88 Å². The van der Waals surface area contributed by atoms with Crippen LogP contribution in [-0.4, -0.2) is 39.2 Å². The predicted octanol–water partition coefficient (Wildman–Crippen LogP) is 4.02. The predicted molar refractivity (Wildman–Crippen MR) is 99.3 cm³/mol. The van der Waals surface area contributed by atoms with Crippen molar-refractivity contribution in [2.24, 2.45) is 16.0 Å². The van der Waals surface area contributed by atoms with E-state index in [1.807, 2.05) is 28.8 Å². The van der Waals surface area contributed by atoms with Crippen molar-refractivity contribution in [3.63, 3.8) is 0 Å². The van der Waals surface area contributed by atoms with Gasteiger partial charge in [-0.1, -0.05) is 23.3 Å². The molecule has 0 saturated carbocycles. The SMILES string of the molecule is CC(C)N(CCCn1c(O)c(N=NC(N)=O)c2ccccc21)C(C)C. The summed E-state index contributed by atoms with van der Waals surface area (Å²) in [7, 11) is 0. The van der Waals surface area contributed by atoms with Crippen molar-refractivity contribution < 1.29 is 9.90 Å². The van der Waals surface area contributed by atoms with E-state index in [2.05, 4.69) is 42.8 Å². The highest BCUT2D eigenvalue weighted by Gasteiger charge is 2.17. The molecule has 0 aliphatic carbocycles. The molecule has 1 aromatic heterocycles. The van der Waals surface area contributed by atoms with Gasteiger partial charge in [0, 0.05) is 30.6 Å². The van der Waals surface area contributed by atoms with Crippen molar-refractivity contribution >= 4 is 22.6 Å². The Kier molecular flexibility index (Phi) is 6.14. The van der Waals surface area contributed by atoms with E-state index in [0.29, 0.717) is 18.6 Å². The number of benzene rings is 1. The Morgan fingerprint density at radius 3 is 2.48 bits per heavy atom. The Bertz CT molecular complexity index is 756. The topological polar surface area (TPSA) is 96.2 Å². The molecule has 136 valence electrons. The third kappa shape index (κ3) is 4.36. The number of urea groups is 1. The highest BCUT2D eigenvalue weighted by atomic mass is 16.3. The largest absolute Gasteiger partial charge is 0.493 e. The lowest BCUT2D eigenvalue weighted by Crippen LogP contribution is -2.38. The van der Waals surface area contributed by atoms with Crippen LogP contribution in [-0.2, 0) is 6.54 Å². The zero-order chi connectivity index (χ0) is 18.6. The number of amides is 2. The average molecular weight is 345 g/mol. The molecule has 2 aromatic rings. The van der Waals surface area contributed by atoms with Crippen molar-refractivity contribution in [1.82, 2.24) is 9.47 Å². The number of nitrogens with two attached hydrogens (primary N) is 1. The summed E-state index contributed by atoms with van der Waals surface area (Å²) < 4.78 is 1.81. The van der Waals surface area contributed by atoms with Gasteiger partial charge in [-0.2, -0.15) is 0 Å². The first kappa shape index (κ1) is 18.9. The van der Waals surface area contributed by atoms with Gasteiger partial charge >= 0.3 is 6.03 Å². The average Bonchev–Trinajstić information content (AvgIpc) is 2.80. The number of aromatic nitrogens is 1. The van der Waals surface area contributed by atoms with Gasteiger partial charge in [-0.05, 0) is 40.2 Å². The molecule has 2 amide bonds. The summed E-state index contributed by atoms with van der Waals surface area (Å²) in [5.74, 6) is 0.00634. The summed E-state index contributed by atoms with van der Waals surface area (Å²) in [6, 6.07) is 7.57. The van der Waals surface area contributed by atoms with E-state index in [1.165, 1.54) is 0 Å². The van der Waals surface area contributed by atoms with Gasteiger partial charge in [-0.15, -0.1) is 5.11 Å². The minimum absolute atomic E-state index is 0.00634. The summed E-state index contributed by atoms with van der Waals surface area (Å²) >= 11 is 0. The molecule has 0 saturated heterocycles. The quantitative estimate of drug-likeness (QED) is 0.742. The summed E-state index contributed by atoms with van der Waals surface area (Å²) in [4.78, 5) is 13.3. The minimum atomic E-state index is -0.888. The zero-order valence-electron chi connectivity index (χ0n) is 15.3.